The summed E-state index contributed by atoms with van der Waals surface area (Å²) in [4.78, 5) is 14.2. The highest BCUT2D eigenvalue weighted by Crippen LogP contribution is 2.37. The van der Waals surface area contributed by atoms with E-state index in [1.807, 2.05) is 0 Å². The minimum atomic E-state index is -4.65. The highest BCUT2D eigenvalue weighted by molar-refractivity contribution is 6.34. The minimum absolute atomic E-state index is 0.0527. The molecule has 0 atom stereocenters. The van der Waals surface area contributed by atoms with Gasteiger partial charge in [-0.25, -0.2) is 0 Å². The predicted octanol–water partition coefficient (Wildman–Crippen LogP) is 3.98. The average molecular weight is 423 g/mol. The molecular formula is C19H14ClF3N4O2. The Labute approximate surface area is 168 Å². The van der Waals surface area contributed by atoms with Crippen LogP contribution in [0.4, 0.5) is 13.2 Å². The van der Waals surface area contributed by atoms with Gasteiger partial charge in [0.05, 0.1) is 28.3 Å². The van der Waals surface area contributed by atoms with Crippen molar-refractivity contribution >= 4 is 17.5 Å². The summed E-state index contributed by atoms with van der Waals surface area (Å²) in [7, 11) is 0. The second kappa shape index (κ2) is 7.07. The number of carbonyl (C=O) groups excluding carboxylic acids is 1. The normalized spacial score (nSPS) is 14.0. The fraction of sp³-hybridized carbons (Fsp3) is 0.211. The number of benzene rings is 2. The van der Waals surface area contributed by atoms with Crippen molar-refractivity contribution in [3.8, 4) is 17.1 Å². The number of alkyl halides is 3. The first kappa shape index (κ1) is 19.3. The Morgan fingerprint density at radius 2 is 1.83 bits per heavy atom. The molecule has 1 N–H and O–H groups in total. The van der Waals surface area contributed by atoms with Gasteiger partial charge in [-0.15, -0.1) is 10.2 Å². The monoisotopic (exact) mass is 422 g/mol. The van der Waals surface area contributed by atoms with E-state index < -0.39 is 22.7 Å². The Bertz CT molecular complexity index is 1100. The lowest BCUT2D eigenvalue weighted by Gasteiger charge is -2.28. The molecule has 0 saturated carbocycles. The van der Waals surface area contributed by atoms with Gasteiger partial charge in [-0.05, 0) is 24.3 Å². The molecule has 1 aromatic heterocycles. The van der Waals surface area contributed by atoms with Crippen LogP contribution in [0.3, 0.4) is 0 Å². The third-order valence-electron chi connectivity index (χ3n) is 4.72. The van der Waals surface area contributed by atoms with E-state index >= 15 is 0 Å². The van der Waals surface area contributed by atoms with E-state index in [4.69, 9.17) is 11.6 Å². The smallest absolute Gasteiger partial charge is 0.417 e. The van der Waals surface area contributed by atoms with E-state index in [9.17, 15) is 23.1 Å². The molecule has 6 nitrogen and oxygen atoms in total. The van der Waals surface area contributed by atoms with Gasteiger partial charge in [-0.3, -0.25) is 4.79 Å². The van der Waals surface area contributed by atoms with E-state index in [-0.39, 0.29) is 24.4 Å². The van der Waals surface area contributed by atoms with Crippen molar-refractivity contribution in [2.24, 2.45) is 0 Å². The van der Waals surface area contributed by atoms with Crippen molar-refractivity contribution in [1.82, 2.24) is 19.7 Å². The highest BCUT2D eigenvalue weighted by atomic mass is 35.5. The van der Waals surface area contributed by atoms with Crippen LogP contribution in [0, 0.1) is 0 Å². The molecule has 0 aliphatic carbocycles. The summed E-state index contributed by atoms with van der Waals surface area (Å²) in [6, 6.07) is 9.94. The summed E-state index contributed by atoms with van der Waals surface area (Å²) in [6.07, 6.45) is -4.65. The first-order chi connectivity index (χ1) is 13.8. The summed E-state index contributed by atoms with van der Waals surface area (Å²) in [5.41, 5.74) is -0.755. The van der Waals surface area contributed by atoms with E-state index in [1.165, 1.54) is 17.0 Å². The lowest BCUT2D eigenvalue weighted by molar-refractivity contribution is -0.137. The third-order valence-corrected chi connectivity index (χ3v) is 5.13. The number of para-hydroxylation sites is 1. The zero-order valence-electron chi connectivity index (χ0n) is 14.8. The number of rotatable bonds is 2. The summed E-state index contributed by atoms with van der Waals surface area (Å²) in [5, 5.41) is 17.6. The molecule has 0 radical (unpaired) electrons. The summed E-state index contributed by atoms with van der Waals surface area (Å²) < 4.78 is 41.0. The number of amides is 1. The zero-order valence-corrected chi connectivity index (χ0v) is 15.6. The predicted molar refractivity (Wildman–Crippen MR) is 98.3 cm³/mol. The topological polar surface area (TPSA) is 71.2 Å². The third kappa shape index (κ3) is 3.42. The first-order valence-electron chi connectivity index (χ1n) is 8.63. The fourth-order valence-electron chi connectivity index (χ4n) is 3.28. The number of phenolic OH excluding ortho intramolecular Hbond substituents is 1. The Morgan fingerprint density at radius 1 is 1.07 bits per heavy atom. The van der Waals surface area contributed by atoms with Gasteiger partial charge in [-0.1, -0.05) is 29.8 Å². The van der Waals surface area contributed by atoms with Crippen molar-refractivity contribution in [3.63, 3.8) is 0 Å². The summed E-state index contributed by atoms with van der Waals surface area (Å²) >= 11 is 5.88. The molecular weight excluding hydrogens is 409 g/mol. The minimum Gasteiger partial charge on any atom is -0.507 e. The van der Waals surface area contributed by atoms with Crippen molar-refractivity contribution < 1.29 is 23.1 Å². The van der Waals surface area contributed by atoms with Crippen molar-refractivity contribution in [2.45, 2.75) is 19.3 Å². The van der Waals surface area contributed by atoms with Crippen molar-refractivity contribution in [2.75, 3.05) is 6.54 Å². The van der Waals surface area contributed by atoms with Crippen LogP contribution < -0.4 is 0 Å². The van der Waals surface area contributed by atoms with Crippen LogP contribution in [0.2, 0.25) is 5.02 Å². The van der Waals surface area contributed by atoms with Gasteiger partial charge < -0.3 is 14.6 Å². The molecule has 1 amide bonds. The number of hydrogen-bond donors (Lipinski definition) is 1. The van der Waals surface area contributed by atoms with Crippen molar-refractivity contribution in [1.29, 1.82) is 0 Å². The summed E-state index contributed by atoms with van der Waals surface area (Å²) in [6.45, 7) is 0.622. The van der Waals surface area contributed by atoms with Crippen LogP contribution in [0.25, 0.3) is 11.4 Å². The van der Waals surface area contributed by atoms with Crippen LogP contribution >= 0.6 is 11.6 Å². The van der Waals surface area contributed by atoms with Crippen LogP contribution in [0.15, 0.2) is 42.5 Å². The van der Waals surface area contributed by atoms with Gasteiger partial charge in [0.1, 0.15) is 5.75 Å². The van der Waals surface area contributed by atoms with Gasteiger partial charge in [0.25, 0.3) is 5.91 Å². The van der Waals surface area contributed by atoms with Gasteiger partial charge in [-0.2, -0.15) is 13.2 Å². The molecule has 0 unspecified atom stereocenters. The molecule has 0 saturated heterocycles. The van der Waals surface area contributed by atoms with Crippen LogP contribution in [0.1, 0.15) is 21.7 Å². The van der Waals surface area contributed by atoms with E-state index in [1.54, 1.807) is 22.8 Å². The molecule has 2 aromatic carbocycles. The molecule has 3 aromatic rings. The molecule has 2 heterocycles. The maximum atomic E-state index is 13.1. The quantitative estimate of drug-likeness (QED) is 0.678. The molecule has 10 heteroatoms. The molecule has 1 aliphatic rings. The zero-order chi connectivity index (χ0) is 20.8. The number of aromatic nitrogens is 3. The molecule has 1 aliphatic heterocycles. The lowest BCUT2D eigenvalue weighted by Crippen LogP contribution is -2.38. The van der Waals surface area contributed by atoms with Gasteiger partial charge >= 0.3 is 6.18 Å². The SMILES string of the molecule is O=C(c1cccc(C(F)(F)F)c1Cl)N1CCn2c(nnc2-c2ccccc2O)C1. The van der Waals surface area contributed by atoms with Crippen LogP contribution in [-0.4, -0.2) is 37.2 Å². The van der Waals surface area contributed by atoms with Gasteiger partial charge in [0, 0.05) is 13.1 Å². The Kier molecular flexibility index (Phi) is 4.70. The number of nitrogens with zero attached hydrogens (tertiary/aromatic N) is 4. The standard InChI is InChI=1S/C19H14ClF3N4O2/c20-16-12(5-3-6-13(16)19(21,22)23)18(29)26-8-9-27-15(10-26)24-25-17(27)11-4-1-2-7-14(11)28/h1-7,28H,8-10H2. The molecule has 150 valence electrons. The number of carbonyl (C=O) groups is 1. The maximum Gasteiger partial charge on any atom is 0.417 e. The highest BCUT2D eigenvalue weighted by Gasteiger charge is 2.36. The molecule has 29 heavy (non-hydrogen) atoms. The molecule has 4 rings (SSSR count). The number of halogens is 4. The Balaban J connectivity index is 1.62. The number of phenols is 1. The first-order valence-corrected chi connectivity index (χ1v) is 9.00. The van der Waals surface area contributed by atoms with Crippen LogP contribution in [-0.2, 0) is 19.3 Å². The Hall–Kier alpha value is -3.07. The number of aromatic hydroxyl groups is 1. The van der Waals surface area contributed by atoms with Gasteiger partial charge in [0.15, 0.2) is 11.6 Å². The number of hydrogen-bond acceptors (Lipinski definition) is 4. The molecule has 0 fully saturated rings. The summed E-state index contributed by atoms with van der Waals surface area (Å²) in [5.74, 6) is 0.365. The van der Waals surface area contributed by atoms with E-state index in [0.29, 0.717) is 23.8 Å². The fourth-order valence-corrected chi connectivity index (χ4v) is 3.59. The largest absolute Gasteiger partial charge is 0.507 e. The lowest BCUT2D eigenvalue weighted by atomic mass is 10.1. The molecule has 0 spiro atoms. The van der Waals surface area contributed by atoms with Gasteiger partial charge in [0.2, 0.25) is 0 Å². The molecule has 0 bridgehead atoms. The van der Waals surface area contributed by atoms with Crippen LogP contribution in [0.5, 0.6) is 5.75 Å². The second-order valence-electron chi connectivity index (χ2n) is 6.50. The number of fused-ring (bicyclic) bond motifs is 1. The van der Waals surface area contributed by atoms with E-state index in [0.717, 1.165) is 12.1 Å². The maximum absolute atomic E-state index is 13.1. The average Bonchev–Trinajstić information content (AvgIpc) is 3.10. The Morgan fingerprint density at radius 3 is 2.55 bits per heavy atom. The van der Waals surface area contributed by atoms with Crippen molar-refractivity contribution in [3.05, 3.63) is 64.4 Å². The second-order valence-corrected chi connectivity index (χ2v) is 6.88. The van der Waals surface area contributed by atoms with E-state index in [2.05, 4.69) is 10.2 Å².